The van der Waals surface area contributed by atoms with Crippen LogP contribution in [0.3, 0.4) is 0 Å². The van der Waals surface area contributed by atoms with Gasteiger partial charge in [0.05, 0.1) is 10.2 Å². The minimum Gasteiger partial charge on any atom is -0.533 e. The van der Waals surface area contributed by atoms with Crippen LogP contribution in [0.25, 0.3) is 0 Å². The molecular formula is H4N4O8Ru. The fourth-order valence-corrected chi connectivity index (χ4v) is 0. The number of hydrogen-bond acceptors (Lipinski definition) is 10. The maximum Gasteiger partial charge on any atom is 0.228 e. The molecule has 0 atom stereocenters. The first-order valence-corrected chi connectivity index (χ1v) is 1.93. The van der Waals surface area contributed by atoms with Crippen molar-refractivity contribution in [1.82, 2.24) is 0 Å². The van der Waals surface area contributed by atoms with Gasteiger partial charge in [0.1, 0.15) is 0 Å². The average molecular weight is 289 g/mol. The molecule has 12 nitrogen and oxygen atoms in total. The molecule has 0 radical (unpaired) electrons. The van der Waals surface area contributed by atoms with E-state index in [9.17, 15) is 0 Å². The summed E-state index contributed by atoms with van der Waals surface area (Å²) in [6.07, 6.45) is 0. The van der Waals surface area contributed by atoms with Crippen LogP contribution in [-0.4, -0.2) is 31.0 Å². The molecule has 0 saturated heterocycles. The summed E-state index contributed by atoms with van der Waals surface area (Å²) < 4.78 is 0. The summed E-state index contributed by atoms with van der Waals surface area (Å²) in [5, 5.41) is 43.5. The number of nitrogens with zero attached hydrogens (tertiary/aromatic N) is 4. The Kier molecular flexibility index (Phi) is 9.81. The van der Waals surface area contributed by atoms with Crippen LogP contribution in [0, 0.1) is 20.2 Å². The van der Waals surface area contributed by atoms with E-state index in [2.05, 4.69) is 0 Å². The van der Waals surface area contributed by atoms with Gasteiger partial charge in [-0.1, -0.05) is 9.81 Å². The Labute approximate surface area is 82.0 Å². The Morgan fingerprint density at radius 2 is 0.923 bits per heavy atom. The summed E-state index contributed by atoms with van der Waals surface area (Å²) in [5.41, 5.74) is 0. The van der Waals surface area contributed by atoms with E-state index in [-0.39, 0.29) is 19.5 Å². The van der Waals surface area contributed by atoms with E-state index in [0.717, 1.165) is 0 Å². The van der Waals surface area contributed by atoms with Crippen LogP contribution < -0.4 is 0 Å². The van der Waals surface area contributed by atoms with E-state index in [1.165, 1.54) is 10.6 Å². The molecule has 4 N–H and O–H groups in total. The summed E-state index contributed by atoms with van der Waals surface area (Å²) in [6, 6.07) is 0. The molecule has 0 saturated carbocycles. The van der Waals surface area contributed by atoms with Crippen LogP contribution in [-0.2, 0) is 19.5 Å². The number of rotatable bonds is 2. The number of nitroso groups, excluding NO2 is 2. The predicted octanol–water partition coefficient (Wildman–Crippen LogP) is -0.481. The standard InChI is InChI=1S/2H2N2O4.Ru/c2*3-1-2(4,5)6;/h2*4-5H;. The van der Waals surface area contributed by atoms with Gasteiger partial charge in [-0.25, -0.2) is 0 Å². The Morgan fingerprint density at radius 1 is 0.846 bits per heavy atom. The van der Waals surface area contributed by atoms with Crippen molar-refractivity contribution in [3.63, 3.8) is 0 Å². The third kappa shape index (κ3) is 34.3. The molecule has 0 aromatic rings. The van der Waals surface area contributed by atoms with Crippen LogP contribution in [0.2, 0.25) is 0 Å². The van der Waals surface area contributed by atoms with Crippen LogP contribution in [0.5, 0.6) is 0 Å². The fraction of sp³-hybridized carbons (Fsp3) is 0. The molecule has 0 aliphatic carbocycles. The van der Waals surface area contributed by atoms with Crippen molar-refractivity contribution >= 4 is 0 Å². The van der Waals surface area contributed by atoms with Crippen molar-refractivity contribution in [2.75, 3.05) is 0 Å². The summed E-state index contributed by atoms with van der Waals surface area (Å²) in [4.78, 5) is 17.5. The number of quaternary nitrogens is 2. The normalized spacial score (nSPS) is 10.3. The minimum atomic E-state index is -3.11. The van der Waals surface area contributed by atoms with E-state index in [0.29, 0.717) is 0 Å². The minimum absolute atomic E-state index is 0. The zero-order valence-corrected chi connectivity index (χ0v) is 7.30. The predicted molar refractivity (Wildman–Crippen MR) is 26.0 cm³/mol. The second kappa shape index (κ2) is 6.96. The first-order valence-electron chi connectivity index (χ1n) is 1.93. The van der Waals surface area contributed by atoms with Crippen molar-refractivity contribution in [3.8, 4) is 0 Å². The van der Waals surface area contributed by atoms with Crippen LogP contribution >= 0.6 is 0 Å². The molecule has 0 rings (SSSR count). The van der Waals surface area contributed by atoms with Gasteiger partial charge in [-0.2, -0.15) is 0 Å². The summed E-state index contributed by atoms with van der Waals surface area (Å²) in [6.45, 7) is 0. The third-order valence-electron chi connectivity index (χ3n) is 0.213. The Morgan fingerprint density at radius 3 is 0.923 bits per heavy atom. The summed E-state index contributed by atoms with van der Waals surface area (Å²) in [5.74, 6) is 0. The maximum atomic E-state index is 9.04. The quantitative estimate of drug-likeness (QED) is 0.227. The van der Waals surface area contributed by atoms with Gasteiger partial charge in [-0.3, -0.25) is 0 Å². The largest absolute Gasteiger partial charge is 0.533 e. The first kappa shape index (κ1) is 18.3. The number of hydrogen-bond donors (Lipinski definition) is 4. The van der Waals surface area contributed by atoms with E-state index < -0.39 is 10.2 Å². The average Bonchev–Trinajstić information content (AvgIpc) is 1.86. The molecule has 0 aliphatic heterocycles. The van der Waals surface area contributed by atoms with Crippen LogP contribution in [0.4, 0.5) is 0 Å². The van der Waals surface area contributed by atoms with Gasteiger partial charge in [-0.15, -0.1) is 20.8 Å². The van der Waals surface area contributed by atoms with E-state index >= 15 is 0 Å². The van der Waals surface area contributed by atoms with Crippen LogP contribution in [0.1, 0.15) is 0 Å². The monoisotopic (exact) mass is 290 g/mol. The first-order chi connectivity index (χ1) is 5.12. The van der Waals surface area contributed by atoms with Crippen molar-refractivity contribution < 1.29 is 50.5 Å². The molecular weight excluding hydrogens is 285 g/mol. The van der Waals surface area contributed by atoms with E-state index in [4.69, 9.17) is 41.1 Å². The van der Waals surface area contributed by atoms with Gasteiger partial charge >= 0.3 is 0 Å². The molecule has 0 bridgehead atoms. The van der Waals surface area contributed by atoms with Gasteiger partial charge in [0.25, 0.3) is 0 Å². The SMILES string of the molecule is O=N[N+]([O-])(O)O.O=N[N+]([O-])(O)O.[Ru]. The smallest absolute Gasteiger partial charge is 0.228 e. The molecule has 13 heavy (non-hydrogen) atoms. The zero-order chi connectivity index (χ0) is 10.4. The third-order valence-corrected chi connectivity index (χ3v) is 0.213. The van der Waals surface area contributed by atoms with E-state index in [1.54, 1.807) is 0 Å². The molecule has 13 heteroatoms. The van der Waals surface area contributed by atoms with Crippen molar-refractivity contribution in [2.45, 2.75) is 0 Å². The van der Waals surface area contributed by atoms with Gasteiger partial charge in [0, 0.05) is 19.5 Å². The maximum absolute atomic E-state index is 9.04. The molecule has 0 heterocycles. The van der Waals surface area contributed by atoms with Gasteiger partial charge in [0.15, 0.2) is 0 Å². The zero-order valence-electron chi connectivity index (χ0n) is 5.56. The Bertz CT molecular complexity index is 125. The summed E-state index contributed by atoms with van der Waals surface area (Å²) in [7, 11) is 0. The van der Waals surface area contributed by atoms with Gasteiger partial charge in [-0.05, 0) is 0 Å². The van der Waals surface area contributed by atoms with Gasteiger partial charge < -0.3 is 10.4 Å². The Balaban J connectivity index is -0.000000143. The molecule has 0 aromatic heterocycles. The molecule has 0 aromatic carbocycles. The molecule has 0 aliphatic rings. The molecule has 0 spiro atoms. The topological polar surface area (TPSA) is 186 Å². The van der Waals surface area contributed by atoms with Gasteiger partial charge in [0.2, 0.25) is 10.6 Å². The molecule has 80 valence electrons. The molecule has 0 unspecified atom stereocenters. The second-order valence-corrected chi connectivity index (χ2v) is 1.19. The van der Waals surface area contributed by atoms with E-state index in [1.807, 2.05) is 0 Å². The molecule has 0 fully saturated rings. The Hall–Kier alpha value is -0.497. The van der Waals surface area contributed by atoms with Crippen molar-refractivity contribution in [2.24, 2.45) is 10.6 Å². The second-order valence-electron chi connectivity index (χ2n) is 1.19. The van der Waals surface area contributed by atoms with Crippen LogP contribution in [0.15, 0.2) is 10.6 Å². The van der Waals surface area contributed by atoms with Crippen molar-refractivity contribution in [1.29, 1.82) is 0 Å². The summed E-state index contributed by atoms with van der Waals surface area (Å²) >= 11 is 0. The molecule has 0 amide bonds. The fourth-order valence-electron chi connectivity index (χ4n) is 0. The van der Waals surface area contributed by atoms with Crippen molar-refractivity contribution in [3.05, 3.63) is 20.2 Å².